The Kier molecular flexibility index (Phi) is 4.87. The van der Waals surface area contributed by atoms with Gasteiger partial charge in [0.1, 0.15) is 5.82 Å². The summed E-state index contributed by atoms with van der Waals surface area (Å²) in [5.74, 6) is 2.83. The third-order valence-electron chi connectivity index (χ3n) is 4.95. The summed E-state index contributed by atoms with van der Waals surface area (Å²) >= 11 is 2.04. The first-order valence-corrected chi connectivity index (χ1v) is 9.02. The fraction of sp³-hybridized carbons (Fsp3) is 0.647. The predicted octanol–water partition coefficient (Wildman–Crippen LogP) is 3.78. The summed E-state index contributed by atoms with van der Waals surface area (Å²) in [6.45, 7) is 0.856. The molecule has 1 spiro atoms. The number of hydrogen-bond donors (Lipinski definition) is 1. The zero-order valence-electron chi connectivity index (χ0n) is 12.6. The number of halogens is 1. The van der Waals surface area contributed by atoms with Crippen molar-refractivity contribution in [3.63, 3.8) is 0 Å². The molecular formula is C17H24FNOS. The summed E-state index contributed by atoms with van der Waals surface area (Å²) in [6.07, 6.45) is 4.55. The molecule has 0 amide bonds. The molecule has 0 bridgehead atoms. The highest BCUT2D eigenvalue weighted by Crippen LogP contribution is 2.43. The number of rotatable bonds is 3. The minimum Gasteiger partial charge on any atom is -0.375 e. The van der Waals surface area contributed by atoms with Gasteiger partial charge in [-0.05, 0) is 67.9 Å². The van der Waals surface area contributed by atoms with Crippen LogP contribution in [0.2, 0.25) is 0 Å². The molecule has 1 aromatic carbocycles. The van der Waals surface area contributed by atoms with Gasteiger partial charge in [0.2, 0.25) is 0 Å². The van der Waals surface area contributed by atoms with Gasteiger partial charge in [-0.25, -0.2) is 4.39 Å². The van der Waals surface area contributed by atoms with Gasteiger partial charge >= 0.3 is 0 Å². The van der Waals surface area contributed by atoms with Crippen LogP contribution in [0.1, 0.15) is 37.3 Å². The van der Waals surface area contributed by atoms with Crippen LogP contribution in [0.5, 0.6) is 0 Å². The van der Waals surface area contributed by atoms with Crippen LogP contribution in [0.4, 0.5) is 4.39 Å². The fourth-order valence-electron chi connectivity index (χ4n) is 3.79. The quantitative estimate of drug-likeness (QED) is 0.918. The van der Waals surface area contributed by atoms with Gasteiger partial charge in [0.05, 0.1) is 5.60 Å². The monoisotopic (exact) mass is 309 g/mol. The van der Waals surface area contributed by atoms with E-state index in [9.17, 15) is 4.39 Å². The van der Waals surface area contributed by atoms with Gasteiger partial charge in [0.15, 0.2) is 0 Å². The van der Waals surface area contributed by atoms with Crippen LogP contribution in [0, 0.1) is 11.7 Å². The lowest BCUT2D eigenvalue weighted by Gasteiger charge is -2.45. The van der Waals surface area contributed by atoms with E-state index >= 15 is 0 Å². The summed E-state index contributed by atoms with van der Waals surface area (Å²) < 4.78 is 19.3. The normalized spacial score (nSPS) is 26.7. The Morgan fingerprint density at radius 2 is 2.00 bits per heavy atom. The number of ether oxygens (including phenoxy) is 1. The van der Waals surface area contributed by atoms with E-state index < -0.39 is 0 Å². The van der Waals surface area contributed by atoms with E-state index in [-0.39, 0.29) is 11.4 Å². The molecule has 0 aromatic heterocycles. The van der Waals surface area contributed by atoms with Crippen molar-refractivity contribution in [1.82, 2.24) is 5.32 Å². The van der Waals surface area contributed by atoms with Crippen LogP contribution < -0.4 is 5.32 Å². The van der Waals surface area contributed by atoms with Crippen molar-refractivity contribution in [2.75, 3.05) is 25.2 Å². The second-order valence-electron chi connectivity index (χ2n) is 6.21. The molecule has 2 saturated heterocycles. The highest BCUT2D eigenvalue weighted by Gasteiger charge is 2.41. The molecule has 2 fully saturated rings. The Hall–Kier alpha value is -0.580. The van der Waals surface area contributed by atoms with Crippen LogP contribution in [0.25, 0.3) is 0 Å². The molecule has 2 heterocycles. The maximum absolute atomic E-state index is 13.1. The topological polar surface area (TPSA) is 21.3 Å². The average molecular weight is 309 g/mol. The first-order valence-electron chi connectivity index (χ1n) is 7.87. The van der Waals surface area contributed by atoms with Crippen LogP contribution in [-0.4, -0.2) is 30.8 Å². The fourth-order valence-corrected chi connectivity index (χ4v) is 5.02. The van der Waals surface area contributed by atoms with Gasteiger partial charge in [-0.2, -0.15) is 11.8 Å². The van der Waals surface area contributed by atoms with E-state index in [1.165, 1.54) is 29.9 Å². The van der Waals surface area contributed by atoms with Crippen molar-refractivity contribution >= 4 is 11.8 Å². The molecule has 2 aliphatic heterocycles. The van der Waals surface area contributed by atoms with Crippen molar-refractivity contribution in [3.05, 3.63) is 35.6 Å². The lowest BCUT2D eigenvalue weighted by molar-refractivity contribution is -0.107. The maximum Gasteiger partial charge on any atom is 0.123 e. The van der Waals surface area contributed by atoms with E-state index in [0.717, 1.165) is 19.4 Å². The largest absolute Gasteiger partial charge is 0.375 e. The SMILES string of the molecule is CNC(c1ccc(F)cc1)C1CCOC2(CCSCC2)C1. The number of benzene rings is 1. The van der Waals surface area contributed by atoms with Crippen LogP contribution >= 0.6 is 11.8 Å². The van der Waals surface area contributed by atoms with Crippen molar-refractivity contribution in [2.45, 2.75) is 37.3 Å². The third kappa shape index (κ3) is 3.43. The molecule has 21 heavy (non-hydrogen) atoms. The standard InChI is InChI=1S/C17H24FNOS/c1-19-16(13-2-4-15(18)5-3-13)14-6-9-20-17(12-14)7-10-21-11-8-17/h2-5,14,16,19H,6-12H2,1H3. The highest BCUT2D eigenvalue weighted by molar-refractivity contribution is 7.99. The van der Waals surface area contributed by atoms with Gasteiger partial charge in [-0.1, -0.05) is 12.1 Å². The molecule has 2 unspecified atom stereocenters. The highest BCUT2D eigenvalue weighted by atomic mass is 32.2. The van der Waals surface area contributed by atoms with Crippen LogP contribution in [0.3, 0.4) is 0 Å². The molecule has 4 heteroatoms. The second-order valence-corrected chi connectivity index (χ2v) is 7.44. The van der Waals surface area contributed by atoms with E-state index in [4.69, 9.17) is 4.74 Å². The number of hydrogen-bond acceptors (Lipinski definition) is 3. The molecule has 2 nitrogen and oxygen atoms in total. The molecular weight excluding hydrogens is 285 g/mol. The van der Waals surface area contributed by atoms with Crippen molar-refractivity contribution in [3.8, 4) is 0 Å². The van der Waals surface area contributed by atoms with Crippen LogP contribution in [-0.2, 0) is 4.74 Å². The van der Waals surface area contributed by atoms with Crippen molar-refractivity contribution in [2.24, 2.45) is 5.92 Å². The summed E-state index contributed by atoms with van der Waals surface area (Å²) in [4.78, 5) is 0. The molecule has 116 valence electrons. The molecule has 2 atom stereocenters. The summed E-state index contributed by atoms with van der Waals surface area (Å²) in [6, 6.07) is 7.24. The minimum absolute atomic E-state index is 0.100. The summed E-state index contributed by atoms with van der Waals surface area (Å²) in [5.41, 5.74) is 1.29. The first-order chi connectivity index (χ1) is 10.2. The number of thioether (sulfide) groups is 1. The zero-order chi connectivity index (χ0) is 14.7. The smallest absolute Gasteiger partial charge is 0.123 e. The second kappa shape index (κ2) is 6.67. The average Bonchev–Trinajstić information content (AvgIpc) is 2.51. The Morgan fingerprint density at radius 1 is 1.29 bits per heavy atom. The Labute approximate surface area is 130 Å². The molecule has 2 aliphatic rings. The van der Waals surface area contributed by atoms with Gasteiger partial charge < -0.3 is 10.1 Å². The van der Waals surface area contributed by atoms with Crippen molar-refractivity contribution in [1.29, 1.82) is 0 Å². The predicted molar refractivity (Wildman–Crippen MR) is 86.2 cm³/mol. The summed E-state index contributed by atoms with van der Waals surface area (Å²) in [7, 11) is 2.01. The lowest BCUT2D eigenvalue weighted by atomic mass is 9.77. The van der Waals surface area contributed by atoms with Crippen molar-refractivity contribution < 1.29 is 9.13 Å². The van der Waals surface area contributed by atoms with Gasteiger partial charge in [-0.3, -0.25) is 0 Å². The van der Waals surface area contributed by atoms with Crippen LogP contribution in [0.15, 0.2) is 24.3 Å². The summed E-state index contributed by atoms with van der Waals surface area (Å²) in [5, 5.41) is 3.45. The molecule has 1 N–H and O–H groups in total. The zero-order valence-corrected chi connectivity index (χ0v) is 13.4. The Morgan fingerprint density at radius 3 is 2.67 bits per heavy atom. The number of nitrogens with one attached hydrogen (secondary N) is 1. The Bertz CT molecular complexity index is 453. The molecule has 0 aliphatic carbocycles. The minimum atomic E-state index is -0.165. The van der Waals surface area contributed by atoms with Gasteiger partial charge in [-0.15, -0.1) is 0 Å². The van der Waals surface area contributed by atoms with E-state index in [1.54, 1.807) is 12.1 Å². The van der Waals surface area contributed by atoms with Gasteiger partial charge in [0, 0.05) is 12.6 Å². The van der Waals surface area contributed by atoms with E-state index in [2.05, 4.69) is 5.32 Å². The molecule has 0 saturated carbocycles. The van der Waals surface area contributed by atoms with Gasteiger partial charge in [0.25, 0.3) is 0 Å². The first kappa shape index (κ1) is 15.3. The Balaban J connectivity index is 1.75. The maximum atomic E-state index is 13.1. The molecule has 0 radical (unpaired) electrons. The third-order valence-corrected chi connectivity index (χ3v) is 5.93. The van der Waals surface area contributed by atoms with E-state index in [0.29, 0.717) is 12.0 Å². The molecule has 3 rings (SSSR count). The lowest BCUT2D eigenvalue weighted by Crippen LogP contribution is -2.45. The van der Waals surface area contributed by atoms with E-state index in [1.807, 2.05) is 30.9 Å². The molecule has 1 aromatic rings.